The number of carbonyl (C=O) groups excluding carboxylic acids is 1. The normalized spacial score (nSPS) is 29.5. The number of hydrogen-bond donors (Lipinski definition) is 1. The summed E-state index contributed by atoms with van der Waals surface area (Å²) in [5.41, 5.74) is 0.149. The second-order valence-corrected chi connectivity index (χ2v) is 6.42. The second-order valence-electron chi connectivity index (χ2n) is 4.47. The second kappa shape index (κ2) is 3.73. The number of thioether (sulfide) groups is 1. The van der Waals surface area contributed by atoms with E-state index < -0.39 is 0 Å². The van der Waals surface area contributed by atoms with Gasteiger partial charge in [-0.1, -0.05) is 20.8 Å². The predicted octanol–water partition coefficient (Wildman–Crippen LogP) is 2.21. The maximum absolute atomic E-state index is 11.4. The van der Waals surface area contributed by atoms with Crippen molar-refractivity contribution in [2.24, 2.45) is 5.41 Å². The van der Waals surface area contributed by atoms with Gasteiger partial charge in [-0.3, -0.25) is 4.79 Å². The molecule has 0 spiro atoms. The minimum absolute atomic E-state index is 0.0433. The van der Waals surface area contributed by atoms with Crippen LogP contribution in [-0.2, 0) is 4.79 Å². The van der Waals surface area contributed by atoms with Crippen molar-refractivity contribution in [3.05, 3.63) is 0 Å². The van der Waals surface area contributed by atoms with Gasteiger partial charge in [0.15, 0.2) is 0 Å². The van der Waals surface area contributed by atoms with Crippen LogP contribution in [-0.4, -0.2) is 27.3 Å². The molecule has 0 aliphatic carbocycles. The van der Waals surface area contributed by atoms with Gasteiger partial charge >= 0.3 is 0 Å². The van der Waals surface area contributed by atoms with Gasteiger partial charge in [0.2, 0.25) is 5.91 Å². The van der Waals surface area contributed by atoms with Crippen LogP contribution < -0.4 is 0 Å². The predicted molar refractivity (Wildman–Crippen MR) is 61.0 cm³/mol. The van der Waals surface area contributed by atoms with E-state index in [4.69, 9.17) is 0 Å². The largest absolute Gasteiger partial charge is 0.318 e. The molecule has 2 nitrogen and oxygen atoms in total. The summed E-state index contributed by atoms with van der Waals surface area (Å²) in [7, 11) is 0. The van der Waals surface area contributed by atoms with Crippen LogP contribution in [0, 0.1) is 5.41 Å². The van der Waals surface area contributed by atoms with E-state index in [0.29, 0.717) is 6.04 Å². The Hall–Kier alpha value is 0.170. The first-order valence-corrected chi connectivity index (χ1v) is 5.99. The third-order valence-corrected chi connectivity index (χ3v) is 4.07. The van der Waals surface area contributed by atoms with Crippen molar-refractivity contribution in [3.63, 3.8) is 0 Å². The van der Waals surface area contributed by atoms with Crippen LogP contribution in [0.3, 0.4) is 0 Å². The molecule has 2 atom stereocenters. The minimum atomic E-state index is 0.0433. The first kappa shape index (κ1) is 11.2. The lowest BCUT2D eigenvalue weighted by atomic mass is 9.87. The van der Waals surface area contributed by atoms with Crippen LogP contribution in [0.2, 0.25) is 0 Å². The van der Waals surface area contributed by atoms with Crippen molar-refractivity contribution in [2.45, 2.75) is 38.4 Å². The Balaban J connectivity index is 2.82. The van der Waals surface area contributed by atoms with Crippen LogP contribution in [0.25, 0.3) is 0 Å². The van der Waals surface area contributed by atoms with Gasteiger partial charge in [0.05, 0.1) is 0 Å². The van der Waals surface area contributed by atoms with Gasteiger partial charge in [-0.15, -0.1) is 24.4 Å². The van der Waals surface area contributed by atoms with Gasteiger partial charge in [0.25, 0.3) is 0 Å². The molecule has 4 heteroatoms. The van der Waals surface area contributed by atoms with Crippen LogP contribution >= 0.6 is 24.4 Å². The van der Waals surface area contributed by atoms with E-state index in [0.717, 1.165) is 5.75 Å². The number of nitrogens with zero attached hydrogens (tertiary/aromatic N) is 1. The molecule has 0 aromatic heterocycles. The number of thiol groups is 1. The summed E-state index contributed by atoms with van der Waals surface area (Å²) in [4.78, 5) is 13.3. The van der Waals surface area contributed by atoms with Crippen LogP contribution in [0.1, 0.15) is 27.7 Å². The van der Waals surface area contributed by atoms with Gasteiger partial charge in [0, 0.05) is 18.7 Å². The van der Waals surface area contributed by atoms with E-state index in [1.165, 1.54) is 0 Å². The fourth-order valence-electron chi connectivity index (χ4n) is 1.53. The summed E-state index contributed by atoms with van der Waals surface area (Å²) < 4.78 is 0.0433. The molecule has 76 valence electrons. The molecule has 1 aliphatic rings. The van der Waals surface area contributed by atoms with Crippen molar-refractivity contribution >= 4 is 30.3 Å². The summed E-state index contributed by atoms with van der Waals surface area (Å²) in [6.07, 6.45) is 0. The first-order valence-electron chi connectivity index (χ1n) is 4.42. The zero-order valence-electron chi connectivity index (χ0n) is 8.57. The Morgan fingerprint density at radius 1 is 1.54 bits per heavy atom. The molecule has 1 rings (SSSR count). The van der Waals surface area contributed by atoms with E-state index in [9.17, 15) is 4.79 Å². The molecule has 13 heavy (non-hydrogen) atoms. The summed E-state index contributed by atoms with van der Waals surface area (Å²) in [5, 5.41) is 0. The summed E-state index contributed by atoms with van der Waals surface area (Å²) in [5.74, 6) is 1.13. The van der Waals surface area contributed by atoms with E-state index in [1.807, 2.05) is 4.90 Å². The van der Waals surface area contributed by atoms with E-state index >= 15 is 0 Å². The van der Waals surface area contributed by atoms with Gasteiger partial charge in [-0.25, -0.2) is 0 Å². The highest BCUT2D eigenvalue weighted by Gasteiger charge is 2.40. The zero-order valence-corrected chi connectivity index (χ0v) is 10.3. The molecular formula is C9H17NOS2. The Kier molecular flexibility index (Phi) is 3.23. The van der Waals surface area contributed by atoms with Crippen molar-refractivity contribution in [3.8, 4) is 0 Å². The van der Waals surface area contributed by atoms with E-state index in [-0.39, 0.29) is 16.0 Å². The number of carbonyl (C=O) groups is 1. The highest BCUT2D eigenvalue weighted by atomic mass is 32.2. The summed E-state index contributed by atoms with van der Waals surface area (Å²) >= 11 is 6.12. The fraction of sp³-hybridized carbons (Fsp3) is 0.889. The molecule has 0 bridgehead atoms. The van der Waals surface area contributed by atoms with Gasteiger partial charge < -0.3 is 4.90 Å². The summed E-state index contributed by atoms with van der Waals surface area (Å²) in [6.45, 7) is 8.12. The Labute approximate surface area is 89.9 Å². The molecular weight excluding hydrogens is 202 g/mol. The average molecular weight is 219 g/mol. The minimum Gasteiger partial charge on any atom is -0.318 e. The number of rotatable bonds is 0. The average Bonchev–Trinajstić information content (AvgIpc) is 2.28. The summed E-state index contributed by atoms with van der Waals surface area (Å²) in [6, 6.07) is 0.317. The first-order chi connectivity index (χ1) is 5.84. The Morgan fingerprint density at radius 2 is 2.08 bits per heavy atom. The molecule has 0 radical (unpaired) electrons. The Bertz CT molecular complexity index is 212. The van der Waals surface area contributed by atoms with Gasteiger partial charge in [0.1, 0.15) is 4.71 Å². The highest BCUT2D eigenvalue weighted by Crippen LogP contribution is 2.39. The van der Waals surface area contributed by atoms with Gasteiger partial charge in [-0.2, -0.15) is 0 Å². The van der Waals surface area contributed by atoms with Gasteiger partial charge in [-0.05, 0) is 5.41 Å². The molecule has 0 aromatic rings. The topological polar surface area (TPSA) is 20.3 Å². The lowest BCUT2D eigenvalue weighted by Gasteiger charge is -2.35. The number of amides is 1. The molecule has 0 aromatic carbocycles. The molecule has 1 heterocycles. The van der Waals surface area contributed by atoms with Crippen molar-refractivity contribution in [2.75, 3.05) is 5.75 Å². The third-order valence-electron chi connectivity index (χ3n) is 2.34. The fourth-order valence-corrected chi connectivity index (χ4v) is 3.59. The van der Waals surface area contributed by atoms with Crippen molar-refractivity contribution in [1.29, 1.82) is 0 Å². The SMILES string of the molecule is CC(=O)N1[C@@H](S)SC[C@@H]1C(C)(C)C. The lowest BCUT2D eigenvalue weighted by molar-refractivity contribution is -0.131. The Morgan fingerprint density at radius 3 is 2.38 bits per heavy atom. The van der Waals surface area contributed by atoms with E-state index in [2.05, 4.69) is 33.4 Å². The monoisotopic (exact) mass is 219 g/mol. The molecule has 0 unspecified atom stereocenters. The highest BCUT2D eigenvalue weighted by molar-refractivity contribution is 8.10. The molecule has 0 N–H and O–H groups in total. The maximum atomic E-state index is 11.4. The molecule has 1 amide bonds. The van der Waals surface area contributed by atoms with Crippen molar-refractivity contribution in [1.82, 2.24) is 4.90 Å². The molecule has 1 fully saturated rings. The molecule has 0 saturated carbocycles. The smallest absolute Gasteiger partial charge is 0.221 e. The van der Waals surface area contributed by atoms with Crippen LogP contribution in [0.5, 0.6) is 0 Å². The molecule has 1 saturated heterocycles. The van der Waals surface area contributed by atoms with Crippen LogP contribution in [0.4, 0.5) is 0 Å². The quantitative estimate of drug-likeness (QED) is 0.630. The van der Waals surface area contributed by atoms with Crippen LogP contribution in [0.15, 0.2) is 0 Å². The zero-order chi connectivity index (χ0) is 10.2. The third kappa shape index (κ3) is 2.34. The maximum Gasteiger partial charge on any atom is 0.221 e. The standard InChI is InChI=1S/C9H17NOS2/c1-6(11)10-7(9(2,3)4)5-13-8(10)12/h7-8,12H,5H2,1-4H3/t7-,8+/m1/s1. The van der Waals surface area contributed by atoms with E-state index in [1.54, 1.807) is 18.7 Å². The van der Waals surface area contributed by atoms with Crippen molar-refractivity contribution < 1.29 is 4.79 Å². The lowest BCUT2D eigenvalue weighted by Crippen LogP contribution is -2.45. The number of hydrogen-bond acceptors (Lipinski definition) is 3. The molecule has 1 aliphatic heterocycles.